The van der Waals surface area contributed by atoms with Crippen LogP contribution in [0.4, 0.5) is 0 Å². The van der Waals surface area contributed by atoms with Gasteiger partial charge < -0.3 is 0 Å². The van der Waals surface area contributed by atoms with Crippen molar-refractivity contribution >= 4 is 33.3 Å². The van der Waals surface area contributed by atoms with Crippen LogP contribution in [0.5, 0.6) is 0 Å². The van der Waals surface area contributed by atoms with Crippen LogP contribution in [0.3, 0.4) is 0 Å². The Bertz CT molecular complexity index is 1080. The molecule has 27 heavy (non-hydrogen) atoms. The fraction of sp³-hybridized carbons (Fsp3) is 0.381. The molecule has 6 heteroatoms. The molecule has 0 bridgehead atoms. The molecule has 2 heterocycles. The monoisotopic (exact) mass is 395 g/mol. The van der Waals surface area contributed by atoms with Crippen LogP contribution in [0.15, 0.2) is 40.3 Å². The number of nitrogens with zero attached hydrogens (tertiary/aromatic N) is 3. The predicted octanol–water partition coefficient (Wildman–Crippen LogP) is 4.82. The molecule has 0 unspecified atom stereocenters. The minimum absolute atomic E-state index is 0.0189. The van der Waals surface area contributed by atoms with Gasteiger partial charge in [0.25, 0.3) is 5.56 Å². The second-order valence-electron chi connectivity index (χ2n) is 7.24. The first kappa shape index (κ1) is 18.3. The maximum absolute atomic E-state index is 13.5. The Balaban J connectivity index is 1.92. The Labute approximate surface area is 166 Å². The molecule has 0 saturated heterocycles. The summed E-state index contributed by atoms with van der Waals surface area (Å²) in [5.41, 5.74) is 2.05. The molecule has 0 saturated carbocycles. The molecule has 0 N–H and O–H groups in total. The molecule has 1 aliphatic carbocycles. The highest BCUT2D eigenvalue weighted by Crippen LogP contribution is 2.37. The molecule has 1 aromatic carbocycles. The van der Waals surface area contributed by atoms with Gasteiger partial charge >= 0.3 is 0 Å². The van der Waals surface area contributed by atoms with Crippen molar-refractivity contribution in [3.63, 3.8) is 0 Å². The molecular formula is C21H21N3OS2. The lowest BCUT2D eigenvalue weighted by molar-refractivity contribution is 0.509. The lowest BCUT2D eigenvalue weighted by atomic mass is 9.89. The zero-order chi connectivity index (χ0) is 19.0. The fourth-order valence-corrected chi connectivity index (χ4v) is 5.89. The number of thioether (sulfide) groups is 1. The highest BCUT2D eigenvalue weighted by molar-refractivity contribution is 7.99. The van der Waals surface area contributed by atoms with Gasteiger partial charge in [0, 0.05) is 10.6 Å². The van der Waals surface area contributed by atoms with E-state index in [0.717, 1.165) is 35.2 Å². The molecule has 0 radical (unpaired) electrons. The second-order valence-corrected chi connectivity index (χ2v) is 9.31. The van der Waals surface area contributed by atoms with E-state index in [1.54, 1.807) is 15.9 Å². The first-order valence-electron chi connectivity index (χ1n) is 9.23. The Morgan fingerprint density at radius 3 is 2.93 bits per heavy atom. The molecule has 0 amide bonds. The largest absolute Gasteiger partial charge is 0.268 e. The maximum Gasteiger partial charge on any atom is 0.267 e. The highest BCUT2D eigenvalue weighted by Gasteiger charge is 2.25. The van der Waals surface area contributed by atoms with Crippen molar-refractivity contribution in [2.24, 2.45) is 11.8 Å². The normalized spacial score (nSPS) is 17.4. The van der Waals surface area contributed by atoms with E-state index < -0.39 is 0 Å². The van der Waals surface area contributed by atoms with Gasteiger partial charge in [-0.2, -0.15) is 5.26 Å². The van der Waals surface area contributed by atoms with E-state index in [2.05, 4.69) is 13.0 Å². The van der Waals surface area contributed by atoms with Crippen LogP contribution >= 0.6 is 23.1 Å². The summed E-state index contributed by atoms with van der Waals surface area (Å²) in [6, 6.07) is 11.9. The summed E-state index contributed by atoms with van der Waals surface area (Å²) in [7, 11) is 0. The van der Waals surface area contributed by atoms with E-state index >= 15 is 0 Å². The number of para-hydroxylation sites is 1. The Morgan fingerprint density at radius 1 is 1.41 bits per heavy atom. The average molecular weight is 396 g/mol. The van der Waals surface area contributed by atoms with Crippen molar-refractivity contribution < 1.29 is 0 Å². The number of aryl methyl sites for hydroxylation is 1. The molecule has 3 aromatic rings. The van der Waals surface area contributed by atoms with Crippen molar-refractivity contribution in [3.8, 4) is 11.8 Å². The smallest absolute Gasteiger partial charge is 0.267 e. The number of fused-ring (bicyclic) bond motifs is 3. The third-order valence-corrected chi connectivity index (χ3v) is 7.34. The van der Waals surface area contributed by atoms with Crippen molar-refractivity contribution in [2.45, 2.75) is 38.3 Å². The summed E-state index contributed by atoms with van der Waals surface area (Å²) in [5.74, 6) is 1.18. The minimum atomic E-state index is -0.0933. The minimum Gasteiger partial charge on any atom is -0.268 e. The van der Waals surface area contributed by atoms with E-state index in [1.807, 2.05) is 37.3 Å². The number of thiophene rings is 1. The molecule has 2 aromatic heterocycles. The summed E-state index contributed by atoms with van der Waals surface area (Å²) in [5, 5.41) is 10.6. The molecule has 2 atom stereocenters. The van der Waals surface area contributed by atoms with Crippen molar-refractivity contribution in [1.29, 1.82) is 5.26 Å². The molecule has 4 rings (SSSR count). The highest BCUT2D eigenvalue weighted by atomic mass is 32.2. The van der Waals surface area contributed by atoms with Gasteiger partial charge in [-0.15, -0.1) is 11.3 Å². The number of hydrogen-bond acceptors (Lipinski definition) is 5. The van der Waals surface area contributed by atoms with Crippen LogP contribution in [0, 0.1) is 23.2 Å². The maximum atomic E-state index is 13.5. The summed E-state index contributed by atoms with van der Waals surface area (Å²) >= 11 is 3.16. The predicted molar refractivity (Wildman–Crippen MR) is 112 cm³/mol. The summed E-state index contributed by atoms with van der Waals surface area (Å²) in [4.78, 5) is 20.6. The lowest BCUT2D eigenvalue weighted by Gasteiger charge is -2.18. The molecule has 0 aliphatic heterocycles. The standard InChI is InChI=1S/C21H21N3OS2/c1-13-8-9-16-17(10-13)27-19-18(16)20(25)24(15-6-4-3-5-7-15)21(23-19)26-12-14(2)11-22/h3-7,13-14H,8-10,12H2,1-2H3/t13-,14-/m0/s1. The van der Waals surface area contributed by atoms with Gasteiger partial charge in [0.2, 0.25) is 0 Å². The molecular weight excluding hydrogens is 374 g/mol. The molecule has 1 aliphatic rings. The molecule has 0 fully saturated rings. The Hall–Kier alpha value is -2.10. The summed E-state index contributed by atoms with van der Waals surface area (Å²) < 4.78 is 1.72. The molecule has 138 valence electrons. The first-order valence-corrected chi connectivity index (χ1v) is 11.0. The number of aromatic nitrogens is 2. The van der Waals surface area contributed by atoms with Gasteiger partial charge in [0.05, 0.1) is 23.1 Å². The second kappa shape index (κ2) is 7.49. The van der Waals surface area contributed by atoms with Crippen LogP contribution < -0.4 is 5.56 Å². The zero-order valence-electron chi connectivity index (χ0n) is 15.4. The van der Waals surface area contributed by atoms with Crippen molar-refractivity contribution in [2.75, 3.05) is 5.75 Å². The quantitative estimate of drug-likeness (QED) is 0.469. The molecule has 0 spiro atoms. The Morgan fingerprint density at radius 2 is 2.19 bits per heavy atom. The van der Waals surface area contributed by atoms with Crippen LogP contribution in [0.25, 0.3) is 15.9 Å². The molecule has 4 nitrogen and oxygen atoms in total. The van der Waals surface area contributed by atoms with E-state index in [-0.39, 0.29) is 11.5 Å². The number of rotatable bonds is 4. The summed E-state index contributed by atoms with van der Waals surface area (Å²) in [6.45, 7) is 4.16. The number of nitriles is 1. The van der Waals surface area contributed by atoms with Gasteiger partial charge in [-0.3, -0.25) is 9.36 Å². The zero-order valence-corrected chi connectivity index (χ0v) is 17.1. The van der Waals surface area contributed by atoms with Crippen LogP contribution in [0.1, 0.15) is 30.7 Å². The number of hydrogen-bond donors (Lipinski definition) is 0. The van der Waals surface area contributed by atoms with Crippen molar-refractivity contribution in [1.82, 2.24) is 9.55 Å². The fourth-order valence-electron chi connectivity index (χ4n) is 3.51. The van der Waals surface area contributed by atoms with Crippen LogP contribution in [0.2, 0.25) is 0 Å². The third kappa shape index (κ3) is 3.42. The SMILES string of the molecule is C[C@H]1CCc2c(sc3nc(SC[C@@H](C)C#N)n(-c4ccccc4)c(=O)c23)C1. The average Bonchev–Trinajstić information content (AvgIpc) is 3.04. The number of benzene rings is 1. The van der Waals surface area contributed by atoms with E-state index in [9.17, 15) is 4.79 Å². The van der Waals surface area contributed by atoms with E-state index in [4.69, 9.17) is 10.2 Å². The van der Waals surface area contributed by atoms with Crippen LogP contribution in [-0.2, 0) is 12.8 Å². The van der Waals surface area contributed by atoms with Crippen LogP contribution in [-0.4, -0.2) is 15.3 Å². The topological polar surface area (TPSA) is 58.7 Å². The van der Waals surface area contributed by atoms with Gasteiger partial charge in [0.1, 0.15) is 4.83 Å². The van der Waals surface area contributed by atoms with Crippen molar-refractivity contribution in [3.05, 3.63) is 51.1 Å². The van der Waals surface area contributed by atoms with Gasteiger partial charge in [0.15, 0.2) is 5.16 Å². The first-order chi connectivity index (χ1) is 13.1. The van der Waals surface area contributed by atoms with E-state index in [1.165, 1.54) is 22.2 Å². The Kier molecular flexibility index (Phi) is 5.07. The third-order valence-electron chi connectivity index (χ3n) is 5.00. The van der Waals surface area contributed by atoms with E-state index in [0.29, 0.717) is 16.8 Å². The van der Waals surface area contributed by atoms with Gasteiger partial charge in [-0.1, -0.05) is 36.9 Å². The lowest BCUT2D eigenvalue weighted by Crippen LogP contribution is -2.22. The van der Waals surface area contributed by atoms with Gasteiger partial charge in [-0.25, -0.2) is 4.98 Å². The van der Waals surface area contributed by atoms with Gasteiger partial charge in [-0.05, 0) is 49.8 Å². The summed E-state index contributed by atoms with van der Waals surface area (Å²) in [6.07, 6.45) is 3.12.